The molecule has 1 heterocycles. The Balaban J connectivity index is 1.37. The number of anilines is 1. The Labute approximate surface area is 152 Å². The lowest BCUT2D eigenvalue weighted by Crippen LogP contribution is -2.49. The predicted octanol–water partition coefficient (Wildman–Crippen LogP) is 2.79. The maximum atomic E-state index is 13.1. The fraction of sp³-hybridized carbons (Fsp3) is 0.350. The molecule has 2 aromatic carbocycles. The summed E-state index contributed by atoms with van der Waals surface area (Å²) >= 11 is 0. The molecule has 2 aromatic rings. The first-order chi connectivity index (χ1) is 12.6. The molecule has 0 aliphatic carbocycles. The number of carbonyl (C=O) groups excluding carboxylic acids is 1. The second-order valence-corrected chi connectivity index (χ2v) is 6.40. The minimum Gasteiger partial charge on any atom is -0.368 e. The van der Waals surface area contributed by atoms with E-state index < -0.39 is 0 Å². The number of halogens is 2. The van der Waals surface area contributed by atoms with Gasteiger partial charge in [-0.05, 0) is 42.0 Å². The van der Waals surface area contributed by atoms with Gasteiger partial charge in [0.05, 0.1) is 0 Å². The molecule has 1 saturated heterocycles. The van der Waals surface area contributed by atoms with Crippen LogP contribution in [0.25, 0.3) is 0 Å². The normalized spacial score (nSPS) is 14.5. The van der Waals surface area contributed by atoms with Crippen molar-refractivity contribution in [2.24, 2.45) is 0 Å². The van der Waals surface area contributed by atoms with Crippen LogP contribution in [-0.4, -0.2) is 43.5 Å². The summed E-state index contributed by atoms with van der Waals surface area (Å²) < 4.78 is 26.1. The van der Waals surface area contributed by atoms with Crippen molar-refractivity contribution in [3.05, 3.63) is 65.7 Å². The average molecular weight is 359 g/mol. The Morgan fingerprint density at radius 3 is 2.38 bits per heavy atom. The van der Waals surface area contributed by atoms with E-state index in [2.05, 4.69) is 10.2 Å². The minimum atomic E-state index is -0.251. The third-order valence-electron chi connectivity index (χ3n) is 4.56. The summed E-state index contributed by atoms with van der Waals surface area (Å²) in [6, 6.07) is 12.9. The third-order valence-corrected chi connectivity index (χ3v) is 4.56. The summed E-state index contributed by atoms with van der Waals surface area (Å²) in [5.74, 6) is -0.372. The quantitative estimate of drug-likeness (QED) is 0.806. The van der Waals surface area contributed by atoms with Crippen LogP contribution in [0.4, 0.5) is 14.5 Å². The molecule has 0 bridgehead atoms. The van der Waals surface area contributed by atoms with E-state index in [0.717, 1.165) is 24.3 Å². The Bertz CT molecular complexity index is 728. The molecule has 0 spiro atoms. The lowest BCUT2D eigenvalue weighted by molar-refractivity contribution is -0.131. The Kier molecular flexibility index (Phi) is 6.17. The lowest BCUT2D eigenvalue weighted by atomic mass is 10.2. The third kappa shape index (κ3) is 5.02. The molecule has 138 valence electrons. The van der Waals surface area contributed by atoms with Gasteiger partial charge >= 0.3 is 0 Å². The molecule has 0 aromatic heterocycles. The molecular formula is C20H23F2N3O. The number of nitrogens with one attached hydrogen (secondary N) is 1. The molecule has 3 rings (SSSR count). The monoisotopic (exact) mass is 359 g/mol. The van der Waals surface area contributed by atoms with Crippen LogP contribution >= 0.6 is 0 Å². The van der Waals surface area contributed by atoms with Crippen LogP contribution in [0, 0.1) is 11.6 Å². The Morgan fingerprint density at radius 2 is 1.69 bits per heavy atom. The molecule has 4 nitrogen and oxygen atoms in total. The fourth-order valence-electron chi connectivity index (χ4n) is 3.10. The smallest absolute Gasteiger partial charge is 0.223 e. The van der Waals surface area contributed by atoms with E-state index in [0.29, 0.717) is 32.6 Å². The van der Waals surface area contributed by atoms with Gasteiger partial charge < -0.3 is 15.1 Å². The number of hydrogen-bond donors (Lipinski definition) is 1. The van der Waals surface area contributed by atoms with E-state index in [9.17, 15) is 13.6 Å². The highest BCUT2D eigenvalue weighted by atomic mass is 19.1. The number of nitrogens with zero attached hydrogens (tertiary/aromatic N) is 2. The lowest BCUT2D eigenvalue weighted by Gasteiger charge is -2.36. The van der Waals surface area contributed by atoms with Gasteiger partial charge in [-0.2, -0.15) is 0 Å². The van der Waals surface area contributed by atoms with Crippen molar-refractivity contribution in [1.82, 2.24) is 10.2 Å². The molecule has 6 heteroatoms. The molecule has 0 unspecified atom stereocenters. The van der Waals surface area contributed by atoms with Gasteiger partial charge in [-0.25, -0.2) is 8.78 Å². The summed E-state index contributed by atoms with van der Waals surface area (Å²) in [4.78, 5) is 16.3. The summed E-state index contributed by atoms with van der Waals surface area (Å²) in [6.07, 6.45) is 0.422. The molecule has 1 amide bonds. The first-order valence-corrected chi connectivity index (χ1v) is 8.85. The number of carbonyl (C=O) groups is 1. The minimum absolute atomic E-state index is 0.121. The van der Waals surface area contributed by atoms with E-state index in [-0.39, 0.29) is 17.5 Å². The predicted molar refractivity (Wildman–Crippen MR) is 97.9 cm³/mol. The maximum absolute atomic E-state index is 13.1. The van der Waals surface area contributed by atoms with Gasteiger partial charge in [0.25, 0.3) is 0 Å². The van der Waals surface area contributed by atoms with Crippen LogP contribution in [0.15, 0.2) is 48.5 Å². The fourth-order valence-corrected chi connectivity index (χ4v) is 3.10. The van der Waals surface area contributed by atoms with Crippen molar-refractivity contribution in [1.29, 1.82) is 0 Å². The highest BCUT2D eigenvalue weighted by Crippen LogP contribution is 2.17. The standard InChI is InChI=1S/C20H23F2N3O/c21-17-4-6-19(7-5-17)24-10-12-25(13-11-24)20(26)8-9-23-15-16-2-1-3-18(22)14-16/h1-7,14,23H,8-13,15H2. The molecule has 26 heavy (non-hydrogen) atoms. The number of amides is 1. The second-order valence-electron chi connectivity index (χ2n) is 6.40. The molecule has 1 aliphatic heterocycles. The number of piperazine rings is 1. The van der Waals surface area contributed by atoms with Gasteiger partial charge in [-0.1, -0.05) is 12.1 Å². The van der Waals surface area contributed by atoms with Crippen LogP contribution in [-0.2, 0) is 11.3 Å². The van der Waals surface area contributed by atoms with Gasteiger partial charge in [-0.3, -0.25) is 4.79 Å². The zero-order chi connectivity index (χ0) is 18.4. The summed E-state index contributed by atoms with van der Waals surface area (Å²) in [7, 11) is 0. The summed E-state index contributed by atoms with van der Waals surface area (Å²) in [5.41, 5.74) is 1.85. The maximum Gasteiger partial charge on any atom is 0.223 e. The number of hydrogen-bond acceptors (Lipinski definition) is 3. The average Bonchev–Trinajstić information content (AvgIpc) is 2.66. The molecule has 1 fully saturated rings. The molecule has 0 atom stereocenters. The Hall–Kier alpha value is -2.47. The zero-order valence-corrected chi connectivity index (χ0v) is 14.6. The summed E-state index contributed by atoms with van der Waals surface area (Å²) in [6.45, 7) is 3.93. The highest BCUT2D eigenvalue weighted by molar-refractivity contribution is 5.76. The second kappa shape index (κ2) is 8.76. The van der Waals surface area contributed by atoms with Crippen molar-refractivity contribution in [2.45, 2.75) is 13.0 Å². The van der Waals surface area contributed by atoms with Gasteiger partial charge in [-0.15, -0.1) is 0 Å². The van der Waals surface area contributed by atoms with Gasteiger partial charge in [0.1, 0.15) is 11.6 Å². The van der Waals surface area contributed by atoms with Crippen molar-refractivity contribution < 1.29 is 13.6 Å². The van der Waals surface area contributed by atoms with E-state index >= 15 is 0 Å². The van der Waals surface area contributed by atoms with E-state index in [1.807, 2.05) is 11.0 Å². The largest absolute Gasteiger partial charge is 0.368 e. The van der Waals surface area contributed by atoms with Gasteiger partial charge in [0.15, 0.2) is 0 Å². The molecule has 0 saturated carbocycles. The van der Waals surface area contributed by atoms with Crippen molar-refractivity contribution in [2.75, 3.05) is 37.6 Å². The first-order valence-electron chi connectivity index (χ1n) is 8.85. The molecule has 1 aliphatic rings. The van der Waals surface area contributed by atoms with Crippen molar-refractivity contribution in [3.8, 4) is 0 Å². The van der Waals surface area contributed by atoms with E-state index in [4.69, 9.17) is 0 Å². The van der Waals surface area contributed by atoms with Crippen LogP contribution in [0.3, 0.4) is 0 Å². The van der Waals surface area contributed by atoms with Gasteiger partial charge in [0, 0.05) is 51.4 Å². The molecular weight excluding hydrogens is 336 g/mol. The SMILES string of the molecule is O=C(CCNCc1cccc(F)c1)N1CCN(c2ccc(F)cc2)CC1. The molecule has 0 radical (unpaired) electrons. The van der Waals surface area contributed by atoms with Crippen LogP contribution in [0.2, 0.25) is 0 Å². The van der Waals surface area contributed by atoms with Crippen LogP contribution in [0.1, 0.15) is 12.0 Å². The highest BCUT2D eigenvalue weighted by Gasteiger charge is 2.20. The Morgan fingerprint density at radius 1 is 0.962 bits per heavy atom. The first kappa shape index (κ1) is 18.3. The van der Waals surface area contributed by atoms with Crippen LogP contribution in [0.5, 0.6) is 0 Å². The van der Waals surface area contributed by atoms with Crippen molar-refractivity contribution in [3.63, 3.8) is 0 Å². The van der Waals surface area contributed by atoms with Crippen molar-refractivity contribution >= 4 is 11.6 Å². The summed E-state index contributed by atoms with van der Waals surface area (Å²) in [5, 5.41) is 3.18. The zero-order valence-electron chi connectivity index (χ0n) is 14.6. The van der Waals surface area contributed by atoms with Gasteiger partial charge in [0.2, 0.25) is 5.91 Å². The van der Waals surface area contributed by atoms with E-state index in [1.54, 1.807) is 18.2 Å². The molecule has 1 N–H and O–H groups in total. The number of benzene rings is 2. The topological polar surface area (TPSA) is 35.6 Å². The number of rotatable bonds is 6. The van der Waals surface area contributed by atoms with Crippen LogP contribution < -0.4 is 10.2 Å². The van der Waals surface area contributed by atoms with E-state index in [1.165, 1.54) is 24.3 Å².